The van der Waals surface area contributed by atoms with Crippen molar-refractivity contribution >= 4 is 56.0 Å². The van der Waals surface area contributed by atoms with Crippen LogP contribution in [0.5, 0.6) is 0 Å². The Labute approximate surface area is 171 Å². The van der Waals surface area contributed by atoms with E-state index in [-0.39, 0.29) is 30.5 Å². The number of sulfone groups is 1. The monoisotopic (exact) mass is 440 g/mol. The molecule has 1 atom stereocenters. The summed E-state index contributed by atoms with van der Waals surface area (Å²) in [6.45, 7) is 0.255. The zero-order chi connectivity index (χ0) is 20.3. The Morgan fingerprint density at radius 2 is 2.14 bits per heavy atom. The van der Waals surface area contributed by atoms with Crippen LogP contribution in [0.25, 0.3) is 6.08 Å². The van der Waals surface area contributed by atoms with Crippen LogP contribution in [0, 0.1) is 5.82 Å². The van der Waals surface area contributed by atoms with Gasteiger partial charge in [0, 0.05) is 23.9 Å². The van der Waals surface area contributed by atoms with Crippen molar-refractivity contribution in [1.82, 2.24) is 10.2 Å². The fourth-order valence-corrected chi connectivity index (χ4v) is 5.30. The number of thioether (sulfide) groups is 1. The van der Waals surface area contributed by atoms with E-state index in [2.05, 4.69) is 5.32 Å². The molecular formula is C18H17FN2O4S3. The fourth-order valence-electron chi connectivity index (χ4n) is 2.77. The minimum absolute atomic E-state index is 0.131. The highest BCUT2D eigenvalue weighted by atomic mass is 32.2. The van der Waals surface area contributed by atoms with Gasteiger partial charge in [-0.2, -0.15) is 0 Å². The van der Waals surface area contributed by atoms with Crippen molar-refractivity contribution in [1.29, 1.82) is 0 Å². The van der Waals surface area contributed by atoms with Gasteiger partial charge in [-0.25, -0.2) is 12.8 Å². The summed E-state index contributed by atoms with van der Waals surface area (Å²) in [7, 11) is -3.23. The molecule has 1 fully saturated rings. The van der Waals surface area contributed by atoms with Crippen molar-refractivity contribution in [2.75, 3.05) is 12.3 Å². The summed E-state index contributed by atoms with van der Waals surface area (Å²) in [5.74, 6) is -1.16. The molecule has 1 N–H and O–H groups in total. The van der Waals surface area contributed by atoms with E-state index in [1.165, 1.54) is 23.1 Å². The number of carbonyl (C=O) groups is 2. The molecule has 28 heavy (non-hydrogen) atoms. The summed E-state index contributed by atoms with van der Waals surface area (Å²) < 4.78 is 36.8. The molecule has 0 aliphatic carbocycles. The van der Waals surface area contributed by atoms with E-state index in [1.807, 2.05) is 0 Å². The zero-order valence-electron chi connectivity index (χ0n) is 14.6. The van der Waals surface area contributed by atoms with Crippen molar-refractivity contribution in [3.8, 4) is 0 Å². The molecule has 1 saturated heterocycles. The minimum Gasteiger partial charge on any atom is -0.349 e. The average Bonchev–Trinajstić information content (AvgIpc) is 3.09. The summed E-state index contributed by atoms with van der Waals surface area (Å²) in [4.78, 5) is 26.2. The molecule has 0 unspecified atom stereocenters. The normalized spacial score (nSPS) is 22.2. The predicted molar refractivity (Wildman–Crippen MR) is 110 cm³/mol. The second-order valence-electron chi connectivity index (χ2n) is 6.29. The molecule has 2 amide bonds. The third-order valence-electron chi connectivity index (χ3n) is 4.13. The predicted octanol–water partition coefficient (Wildman–Crippen LogP) is 2.23. The molecule has 10 heteroatoms. The van der Waals surface area contributed by atoms with Gasteiger partial charge in [-0.1, -0.05) is 42.2 Å². The van der Waals surface area contributed by atoms with Crippen molar-refractivity contribution in [2.45, 2.75) is 18.9 Å². The second kappa shape index (κ2) is 8.54. The molecule has 0 radical (unpaired) electrons. The number of carbonyl (C=O) groups excluding carboxylic acids is 2. The van der Waals surface area contributed by atoms with Gasteiger partial charge in [0.05, 0.1) is 16.7 Å². The third-order valence-corrected chi connectivity index (χ3v) is 6.90. The molecule has 0 saturated carbocycles. The Balaban J connectivity index is 1.52. The molecule has 6 nitrogen and oxygen atoms in total. The molecule has 2 aliphatic heterocycles. The van der Waals surface area contributed by atoms with Crippen LogP contribution in [0.15, 0.2) is 40.7 Å². The van der Waals surface area contributed by atoms with Gasteiger partial charge in [0.25, 0.3) is 5.91 Å². The van der Waals surface area contributed by atoms with E-state index in [0.717, 1.165) is 17.2 Å². The van der Waals surface area contributed by atoms with Gasteiger partial charge in [0.1, 0.15) is 10.1 Å². The lowest BCUT2D eigenvalue weighted by Gasteiger charge is -2.15. The quantitative estimate of drug-likeness (QED) is 0.540. The van der Waals surface area contributed by atoms with Crippen molar-refractivity contribution < 1.29 is 22.4 Å². The maximum atomic E-state index is 13.8. The molecule has 3 rings (SSSR count). The smallest absolute Gasteiger partial charge is 0.266 e. The lowest BCUT2D eigenvalue weighted by molar-refractivity contribution is -0.124. The number of hydrogen-bond acceptors (Lipinski definition) is 6. The van der Waals surface area contributed by atoms with Gasteiger partial charge >= 0.3 is 0 Å². The first kappa shape index (κ1) is 20.7. The SMILES string of the molecule is O=C(CCCN1C(=O)/C(=C/c2ccccc2F)SC1=S)N[C@@H]1C=CS(=O)(=O)C1. The van der Waals surface area contributed by atoms with E-state index in [9.17, 15) is 22.4 Å². The minimum atomic E-state index is -3.23. The maximum absolute atomic E-state index is 13.8. The standard InChI is InChI=1S/C18H17FN2O4S3/c19-14-5-2-1-4-12(14)10-15-17(23)21(18(26)27-15)8-3-6-16(22)20-13-7-9-28(24,25)11-13/h1-2,4-5,7,9-10,13H,3,6,8,11H2,(H,20,22)/b15-10-/t13-/m1/s1. The highest BCUT2D eigenvalue weighted by Gasteiger charge is 2.32. The van der Waals surface area contributed by atoms with Crippen molar-refractivity contribution in [3.63, 3.8) is 0 Å². The van der Waals surface area contributed by atoms with Gasteiger partial charge < -0.3 is 5.32 Å². The topological polar surface area (TPSA) is 83.6 Å². The number of nitrogens with zero attached hydrogens (tertiary/aromatic N) is 1. The zero-order valence-corrected chi connectivity index (χ0v) is 17.1. The molecule has 0 aromatic heterocycles. The number of hydrogen-bond donors (Lipinski definition) is 1. The molecule has 1 aromatic rings. The Hall–Kier alpha value is -2.04. The summed E-state index contributed by atoms with van der Waals surface area (Å²) in [5, 5.41) is 3.73. The molecule has 0 spiro atoms. The van der Waals surface area contributed by atoms with Crippen LogP contribution < -0.4 is 5.32 Å². The largest absolute Gasteiger partial charge is 0.349 e. The molecule has 148 valence electrons. The summed E-state index contributed by atoms with van der Waals surface area (Å²) in [6.07, 6.45) is 3.42. The Morgan fingerprint density at radius 3 is 2.82 bits per heavy atom. The summed E-state index contributed by atoms with van der Waals surface area (Å²) in [6, 6.07) is 5.62. The Bertz CT molecular complexity index is 988. The van der Waals surface area contributed by atoms with E-state index in [4.69, 9.17) is 12.2 Å². The highest BCUT2D eigenvalue weighted by Crippen LogP contribution is 2.33. The first-order valence-electron chi connectivity index (χ1n) is 8.45. The lowest BCUT2D eigenvalue weighted by Crippen LogP contribution is -2.36. The van der Waals surface area contributed by atoms with Crippen molar-refractivity contribution in [3.05, 3.63) is 52.0 Å². The van der Waals surface area contributed by atoms with Crippen molar-refractivity contribution in [2.24, 2.45) is 0 Å². The summed E-state index contributed by atoms with van der Waals surface area (Å²) >= 11 is 6.32. The molecular weight excluding hydrogens is 423 g/mol. The van der Waals surface area contributed by atoms with Gasteiger partial charge in [-0.15, -0.1) is 0 Å². The Kier molecular flexibility index (Phi) is 6.31. The van der Waals surface area contributed by atoms with E-state index >= 15 is 0 Å². The van der Waals surface area contributed by atoms with E-state index in [0.29, 0.717) is 21.2 Å². The molecule has 2 heterocycles. The van der Waals surface area contributed by atoms with Crippen LogP contribution in [-0.4, -0.2) is 47.8 Å². The molecule has 2 aliphatic rings. The van der Waals surface area contributed by atoms with Crippen LogP contribution in [0.2, 0.25) is 0 Å². The number of halogens is 1. The van der Waals surface area contributed by atoms with Gasteiger partial charge in [-0.05, 0) is 24.6 Å². The van der Waals surface area contributed by atoms with Crippen LogP contribution in [0.4, 0.5) is 4.39 Å². The third kappa shape index (κ3) is 5.06. The summed E-state index contributed by atoms with van der Waals surface area (Å²) in [5.41, 5.74) is 0.307. The Morgan fingerprint density at radius 1 is 1.39 bits per heavy atom. The lowest BCUT2D eigenvalue weighted by atomic mass is 10.2. The number of amides is 2. The maximum Gasteiger partial charge on any atom is 0.266 e. The van der Waals surface area contributed by atoms with Gasteiger partial charge in [-0.3, -0.25) is 14.5 Å². The second-order valence-corrected chi connectivity index (χ2v) is 9.90. The van der Waals surface area contributed by atoms with Gasteiger partial charge in [0.2, 0.25) is 5.91 Å². The fraction of sp³-hybridized carbons (Fsp3) is 0.278. The van der Waals surface area contributed by atoms with Gasteiger partial charge in [0.15, 0.2) is 9.84 Å². The number of thiocarbonyl (C=S) groups is 1. The van der Waals surface area contributed by atoms with Crippen LogP contribution in [0.1, 0.15) is 18.4 Å². The number of benzene rings is 1. The molecule has 1 aromatic carbocycles. The first-order chi connectivity index (χ1) is 13.2. The number of nitrogens with one attached hydrogen (secondary N) is 1. The average molecular weight is 441 g/mol. The van der Waals surface area contributed by atoms with E-state index < -0.39 is 21.7 Å². The first-order valence-corrected chi connectivity index (χ1v) is 11.4. The van der Waals surface area contributed by atoms with Crippen LogP contribution >= 0.6 is 24.0 Å². The molecule has 0 bridgehead atoms. The highest BCUT2D eigenvalue weighted by molar-refractivity contribution is 8.26. The van der Waals surface area contributed by atoms with E-state index in [1.54, 1.807) is 18.2 Å². The van der Waals surface area contributed by atoms with Crippen LogP contribution in [0.3, 0.4) is 0 Å². The van der Waals surface area contributed by atoms with Crippen LogP contribution in [-0.2, 0) is 19.4 Å². The number of rotatable bonds is 6.